The molecule has 2 atom stereocenters. The van der Waals surface area contributed by atoms with Crippen LogP contribution in [0.1, 0.15) is 50.2 Å². The smallest absolute Gasteiger partial charge is 0.310 e. The number of rotatable bonds is 6. The van der Waals surface area contributed by atoms with Crippen LogP contribution in [0.25, 0.3) is 0 Å². The molecule has 1 heterocycles. The van der Waals surface area contributed by atoms with E-state index in [9.17, 15) is 4.79 Å². The summed E-state index contributed by atoms with van der Waals surface area (Å²) in [5.41, 5.74) is 3.05. The molecule has 3 heteroatoms. The van der Waals surface area contributed by atoms with Crippen molar-refractivity contribution >= 4 is 5.97 Å². The van der Waals surface area contributed by atoms with Crippen molar-refractivity contribution in [1.82, 2.24) is 4.90 Å². The van der Waals surface area contributed by atoms with Crippen molar-refractivity contribution in [3.05, 3.63) is 65.7 Å². The molecule has 27 heavy (non-hydrogen) atoms. The topological polar surface area (TPSA) is 29.5 Å². The molecule has 2 aliphatic rings. The minimum Gasteiger partial charge on any atom is -0.427 e. The molecule has 3 nitrogen and oxygen atoms in total. The number of carbonyl (C=O) groups excluding carboxylic acids is 1. The van der Waals surface area contributed by atoms with Gasteiger partial charge in [-0.1, -0.05) is 49.4 Å². The van der Waals surface area contributed by atoms with Gasteiger partial charge in [-0.15, -0.1) is 0 Å². The van der Waals surface area contributed by atoms with Gasteiger partial charge in [0.15, 0.2) is 0 Å². The van der Waals surface area contributed by atoms with Gasteiger partial charge in [0.25, 0.3) is 0 Å². The summed E-state index contributed by atoms with van der Waals surface area (Å²) in [4.78, 5) is 14.3. The molecule has 1 saturated carbocycles. The maximum atomic E-state index is 11.6. The lowest BCUT2D eigenvalue weighted by Gasteiger charge is -2.40. The van der Waals surface area contributed by atoms with Crippen LogP contribution in [0.5, 0.6) is 5.75 Å². The highest BCUT2D eigenvalue weighted by molar-refractivity contribution is 5.72. The molecule has 142 valence electrons. The number of piperidine rings is 1. The van der Waals surface area contributed by atoms with Crippen LogP contribution < -0.4 is 4.74 Å². The minimum atomic E-state index is -0.162. The number of hydrogen-bond donors (Lipinski definition) is 0. The predicted molar refractivity (Wildman–Crippen MR) is 108 cm³/mol. The first kappa shape index (κ1) is 18.2. The van der Waals surface area contributed by atoms with Crippen molar-refractivity contribution < 1.29 is 9.53 Å². The van der Waals surface area contributed by atoms with Gasteiger partial charge in [0.05, 0.1) is 0 Å². The van der Waals surface area contributed by atoms with E-state index >= 15 is 0 Å². The van der Waals surface area contributed by atoms with E-state index in [1.807, 2.05) is 19.1 Å². The van der Waals surface area contributed by atoms with Crippen molar-refractivity contribution in [2.75, 3.05) is 13.1 Å². The number of likely N-dealkylation sites (tertiary alicyclic amines) is 1. The lowest BCUT2D eigenvalue weighted by atomic mass is 9.74. The van der Waals surface area contributed by atoms with Crippen LogP contribution in [-0.4, -0.2) is 30.0 Å². The summed E-state index contributed by atoms with van der Waals surface area (Å²) in [6.45, 7) is 4.15. The SMILES string of the molecule is CCC(=O)Oc1cccc(C23CCC(C2)N(CCc2ccccc2)CC3)c1. The highest BCUT2D eigenvalue weighted by Crippen LogP contribution is 2.49. The van der Waals surface area contributed by atoms with Gasteiger partial charge in [0.1, 0.15) is 5.75 Å². The number of fused-ring (bicyclic) bond motifs is 2. The van der Waals surface area contributed by atoms with Gasteiger partial charge >= 0.3 is 5.97 Å². The molecule has 2 bridgehead atoms. The van der Waals surface area contributed by atoms with E-state index in [-0.39, 0.29) is 11.4 Å². The Bertz CT molecular complexity index is 788. The Morgan fingerprint density at radius 1 is 1.15 bits per heavy atom. The van der Waals surface area contributed by atoms with E-state index in [1.165, 1.54) is 36.8 Å². The zero-order chi connectivity index (χ0) is 18.7. The van der Waals surface area contributed by atoms with E-state index in [0.717, 1.165) is 19.5 Å². The summed E-state index contributed by atoms with van der Waals surface area (Å²) >= 11 is 0. The van der Waals surface area contributed by atoms with Crippen LogP contribution in [0.3, 0.4) is 0 Å². The number of esters is 1. The molecule has 2 fully saturated rings. The zero-order valence-electron chi connectivity index (χ0n) is 16.2. The van der Waals surface area contributed by atoms with Crippen LogP contribution in [0.15, 0.2) is 54.6 Å². The highest BCUT2D eigenvalue weighted by Gasteiger charge is 2.46. The van der Waals surface area contributed by atoms with Crippen LogP contribution in [0.2, 0.25) is 0 Å². The summed E-state index contributed by atoms with van der Waals surface area (Å²) in [6, 6.07) is 19.8. The molecular formula is C24H29NO2. The summed E-state index contributed by atoms with van der Waals surface area (Å²) in [5, 5.41) is 0. The lowest BCUT2D eigenvalue weighted by Crippen LogP contribution is -2.44. The number of carbonyl (C=O) groups is 1. The van der Waals surface area contributed by atoms with Gasteiger partial charge in [-0.25, -0.2) is 0 Å². The molecule has 0 radical (unpaired) electrons. The van der Waals surface area contributed by atoms with Gasteiger partial charge in [-0.3, -0.25) is 9.69 Å². The van der Waals surface area contributed by atoms with Crippen molar-refractivity contribution in [2.45, 2.75) is 56.9 Å². The maximum Gasteiger partial charge on any atom is 0.310 e. The van der Waals surface area contributed by atoms with Gasteiger partial charge in [-0.05, 0) is 67.3 Å². The summed E-state index contributed by atoms with van der Waals surface area (Å²) in [5.74, 6) is 0.536. The highest BCUT2D eigenvalue weighted by atomic mass is 16.5. The Hall–Kier alpha value is -2.13. The Labute approximate surface area is 162 Å². The second kappa shape index (κ2) is 7.85. The Morgan fingerprint density at radius 3 is 2.81 bits per heavy atom. The molecule has 4 rings (SSSR count). The number of hydrogen-bond acceptors (Lipinski definition) is 3. The normalized spacial score (nSPS) is 24.7. The monoisotopic (exact) mass is 363 g/mol. The summed E-state index contributed by atoms with van der Waals surface area (Å²) in [7, 11) is 0. The van der Waals surface area contributed by atoms with Gasteiger partial charge in [-0.2, -0.15) is 0 Å². The summed E-state index contributed by atoms with van der Waals surface area (Å²) < 4.78 is 5.46. The fraction of sp³-hybridized carbons (Fsp3) is 0.458. The Kier molecular flexibility index (Phi) is 5.31. The molecule has 0 spiro atoms. The first-order valence-corrected chi connectivity index (χ1v) is 10.3. The lowest BCUT2D eigenvalue weighted by molar-refractivity contribution is -0.134. The van der Waals surface area contributed by atoms with E-state index in [1.54, 1.807) is 0 Å². The van der Waals surface area contributed by atoms with Gasteiger partial charge < -0.3 is 4.74 Å². The van der Waals surface area contributed by atoms with Crippen molar-refractivity contribution in [2.24, 2.45) is 0 Å². The average molecular weight is 364 g/mol. The first-order valence-electron chi connectivity index (χ1n) is 10.3. The third kappa shape index (κ3) is 3.93. The Morgan fingerprint density at radius 2 is 2.00 bits per heavy atom. The van der Waals surface area contributed by atoms with E-state index in [2.05, 4.69) is 47.4 Å². The molecule has 0 amide bonds. The average Bonchev–Trinajstić information content (AvgIpc) is 3.07. The van der Waals surface area contributed by atoms with Crippen LogP contribution >= 0.6 is 0 Å². The largest absolute Gasteiger partial charge is 0.427 e. The van der Waals surface area contributed by atoms with E-state index in [0.29, 0.717) is 18.2 Å². The molecule has 1 saturated heterocycles. The van der Waals surface area contributed by atoms with Crippen LogP contribution in [0, 0.1) is 0 Å². The third-order valence-corrected chi connectivity index (χ3v) is 6.47. The van der Waals surface area contributed by atoms with E-state index < -0.39 is 0 Å². The predicted octanol–water partition coefficient (Wildman–Crippen LogP) is 4.74. The van der Waals surface area contributed by atoms with Crippen molar-refractivity contribution in [1.29, 1.82) is 0 Å². The van der Waals surface area contributed by atoms with Gasteiger partial charge in [0, 0.05) is 19.0 Å². The Balaban J connectivity index is 1.42. The molecular weight excluding hydrogens is 334 g/mol. The quantitative estimate of drug-likeness (QED) is 0.548. The second-order valence-electron chi connectivity index (χ2n) is 8.05. The van der Waals surface area contributed by atoms with Crippen LogP contribution in [-0.2, 0) is 16.6 Å². The number of nitrogens with zero attached hydrogens (tertiary/aromatic N) is 1. The second-order valence-corrected chi connectivity index (χ2v) is 8.05. The van der Waals surface area contributed by atoms with Crippen LogP contribution in [0.4, 0.5) is 0 Å². The van der Waals surface area contributed by atoms with Crippen molar-refractivity contribution in [3.63, 3.8) is 0 Å². The molecule has 0 N–H and O–H groups in total. The minimum absolute atomic E-state index is 0.162. The zero-order valence-corrected chi connectivity index (χ0v) is 16.2. The molecule has 1 aliphatic heterocycles. The molecule has 0 aromatic heterocycles. The summed E-state index contributed by atoms with van der Waals surface area (Å²) in [6.07, 6.45) is 6.48. The molecule has 2 aromatic rings. The van der Waals surface area contributed by atoms with Crippen molar-refractivity contribution in [3.8, 4) is 5.75 Å². The molecule has 2 aromatic carbocycles. The molecule has 2 unspecified atom stereocenters. The number of benzene rings is 2. The standard InChI is InChI=1S/C24H29NO2/c1-2-23(26)27-22-10-6-9-20(17-22)24-13-11-21(18-24)25(16-14-24)15-12-19-7-4-3-5-8-19/h3-10,17,21H,2,11-16,18H2,1H3. The fourth-order valence-corrected chi connectivity index (χ4v) is 4.89. The van der Waals surface area contributed by atoms with E-state index in [4.69, 9.17) is 4.74 Å². The first-order chi connectivity index (χ1) is 13.2. The fourth-order valence-electron chi connectivity index (χ4n) is 4.89. The molecule has 1 aliphatic carbocycles. The maximum absolute atomic E-state index is 11.6. The number of ether oxygens (including phenoxy) is 1. The van der Waals surface area contributed by atoms with Gasteiger partial charge in [0.2, 0.25) is 0 Å². The third-order valence-electron chi connectivity index (χ3n) is 6.47.